The predicted octanol–water partition coefficient (Wildman–Crippen LogP) is 6.47. The molecule has 10 heteroatoms. The van der Waals surface area contributed by atoms with Crippen molar-refractivity contribution in [3.8, 4) is 5.75 Å². The van der Waals surface area contributed by atoms with Gasteiger partial charge in [-0.2, -0.15) is 0 Å². The number of amidine groups is 1. The first kappa shape index (κ1) is 29.2. The molecule has 8 nitrogen and oxygen atoms in total. The molecule has 0 spiro atoms. The SMILES string of the molecule is CCCOc1ccc(NC(=O)C2CC(=O)N(Cc3ccc(Cl)cc3)C(=Nc3ccc(C(=O)OCC)cc3)S2)cc1. The van der Waals surface area contributed by atoms with Gasteiger partial charge >= 0.3 is 5.97 Å². The van der Waals surface area contributed by atoms with Crippen molar-refractivity contribution in [1.29, 1.82) is 0 Å². The van der Waals surface area contributed by atoms with Gasteiger partial charge in [-0.3, -0.25) is 14.5 Å². The molecule has 2 amide bonds. The van der Waals surface area contributed by atoms with Gasteiger partial charge in [0.15, 0.2) is 5.17 Å². The van der Waals surface area contributed by atoms with E-state index in [1.54, 1.807) is 72.5 Å². The number of anilines is 1. The molecule has 0 aliphatic carbocycles. The molecule has 1 aliphatic rings. The quantitative estimate of drug-likeness (QED) is 0.277. The lowest BCUT2D eigenvalue weighted by molar-refractivity contribution is -0.129. The van der Waals surface area contributed by atoms with Crippen LogP contribution in [0.25, 0.3) is 0 Å². The van der Waals surface area contributed by atoms with Crippen molar-refractivity contribution in [2.45, 2.75) is 38.5 Å². The van der Waals surface area contributed by atoms with Gasteiger partial charge in [-0.1, -0.05) is 42.4 Å². The highest BCUT2D eigenvalue weighted by Crippen LogP contribution is 2.31. The minimum atomic E-state index is -0.678. The largest absolute Gasteiger partial charge is 0.494 e. The molecular weight excluding hydrogens is 550 g/mol. The molecule has 3 aromatic rings. The number of thioether (sulfide) groups is 1. The van der Waals surface area contributed by atoms with E-state index in [-0.39, 0.29) is 31.4 Å². The first-order chi connectivity index (χ1) is 19.4. The summed E-state index contributed by atoms with van der Waals surface area (Å²) in [5.41, 5.74) is 2.42. The van der Waals surface area contributed by atoms with Crippen LogP contribution in [0.15, 0.2) is 77.8 Å². The van der Waals surface area contributed by atoms with E-state index >= 15 is 0 Å². The van der Waals surface area contributed by atoms with E-state index < -0.39 is 11.2 Å². The number of aliphatic imine (C=N–C) groups is 1. The third kappa shape index (κ3) is 7.86. The number of benzene rings is 3. The summed E-state index contributed by atoms with van der Waals surface area (Å²) in [5.74, 6) is -0.213. The lowest BCUT2D eigenvalue weighted by atomic mass is 10.2. The number of nitrogens with one attached hydrogen (secondary N) is 1. The Morgan fingerprint density at radius 3 is 2.38 bits per heavy atom. The Kier molecular flexibility index (Phi) is 10.2. The molecule has 1 unspecified atom stereocenters. The molecule has 0 radical (unpaired) electrons. The minimum absolute atomic E-state index is 0.0165. The number of halogens is 1. The van der Waals surface area contributed by atoms with Gasteiger partial charge in [0, 0.05) is 17.1 Å². The van der Waals surface area contributed by atoms with Crippen molar-refractivity contribution in [2.75, 3.05) is 18.5 Å². The van der Waals surface area contributed by atoms with Gasteiger partial charge in [0.1, 0.15) is 11.0 Å². The number of amides is 2. The Labute approximate surface area is 242 Å². The topological polar surface area (TPSA) is 97.3 Å². The zero-order valence-corrected chi connectivity index (χ0v) is 23.8. The summed E-state index contributed by atoms with van der Waals surface area (Å²) in [5, 5.41) is 3.20. The van der Waals surface area contributed by atoms with Gasteiger partial charge in [-0.15, -0.1) is 0 Å². The highest BCUT2D eigenvalue weighted by molar-refractivity contribution is 8.15. The number of ether oxygens (including phenoxy) is 2. The Morgan fingerprint density at radius 1 is 1.02 bits per heavy atom. The molecule has 40 heavy (non-hydrogen) atoms. The maximum absolute atomic E-state index is 13.3. The number of esters is 1. The van der Waals surface area contributed by atoms with E-state index in [2.05, 4.69) is 5.32 Å². The second kappa shape index (κ2) is 14.0. The van der Waals surface area contributed by atoms with Crippen LogP contribution in [0.5, 0.6) is 5.75 Å². The second-order valence-electron chi connectivity index (χ2n) is 8.94. The number of rotatable bonds is 10. The second-order valence-corrected chi connectivity index (χ2v) is 10.5. The van der Waals surface area contributed by atoms with Crippen LogP contribution in [-0.2, 0) is 20.9 Å². The Hall–Kier alpha value is -3.82. The molecule has 4 rings (SSSR count). The van der Waals surface area contributed by atoms with Crippen molar-refractivity contribution >= 4 is 57.7 Å². The van der Waals surface area contributed by atoms with Crippen LogP contribution in [0.3, 0.4) is 0 Å². The fourth-order valence-corrected chi connectivity index (χ4v) is 5.07. The summed E-state index contributed by atoms with van der Waals surface area (Å²) in [7, 11) is 0. The smallest absolute Gasteiger partial charge is 0.338 e. The third-order valence-corrected chi connectivity index (χ3v) is 7.32. The average molecular weight is 580 g/mol. The van der Waals surface area contributed by atoms with Crippen molar-refractivity contribution < 1.29 is 23.9 Å². The lowest BCUT2D eigenvalue weighted by Crippen LogP contribution is -2.44. The summed E-state index contributed by atoms with van der Waals surface area (Å²) >= 11 is 7.25. The monoisotopic (exact) mass is 579 g/mol. The summed E-state index contributed by atoms with van der Waals surface area (Å²) in [6.07, 6.45) is 0.919. The van der Waals surface area contributed by atoms with E-state index in [1.807, 2.05) is 19.1 Å². The fraction of sp³-hybridized carbons (Fsp3) is 0.267. The molecule has 1 heterocycles. The average Bonchev–Trinajstić information content (AvgIpc) is 2.96. The fourth-order valence-electron chi connectivity index (χ4n) is 3.84. The van der Waals surface area contributed by atoms with E-state index in [0.717, 1.165) is 17.7 Å². The van der Waals surface area contributed by atoms with Crippen LogP contribution in [0, 0.1) is 0 Å². The standard InChI is InChI=1S/C30H30ClN3O5S/c1-3-17-39-25-15-13-23(14-16-25)32-28(36)26-18-27(35)34(19-20-5-9-22(31)10-6-20)30(40-26)33-24-11-7-21(8-12-24)29(37)38-4-2/h5-16,26H,3-4,17-19H2,1-2H3,(H,32,36). The predicted molar refractivity (Wildman–Crippen MR) is 158 cm³/mol. The van der Waals surface area contributed by atoms with E-state index in [9.17, 15) is 14.4 Å². The summed E-state index contributed by atoms with van der Waals surface area (Å²) in [6, 6.07) is 20.9. The first-order valence-corrected chi connectivity index (χ1v) is 14.2. The van der Waals surface area contributed by atoms with E-state index in [1.165, 1.54) is 11.8 Å². The molecule has 0 bridgehead atoms. The third-order valence-electron chi connectivity index (χ3n) is 5.88. The summed E-state index contributed by atoms with van der Waals surface area (Å²) in [6.45, 7) is 4.95. The number of hydrogen-bond acceptors (Lipinski definition) is 7. The molecule has 3 aromatic carbocycles. The summed E-state index contributed by atoms with van der Waals surface area (Å²) < 4.78 is 10.6. The first-order valence-electron chi connectivity index (χ1n) is 13.0. The number of hydrogen-bond donors (Lipinski definition) is 1. The normalized spacial score (nSPS) is 16.1. The highest BCUT2D eigenvalue weighted by atomic mass is 35.5. The van der Waals surface area contributed by atoms with Crippen LogP contribution < -0.4 is 10.1 Å². The van der Waals surface area contributed by atoms with Gasteiger partial charge in [-0.25, -0.2) is 9.79 Å². The number of nitrogens with zero attached hydrogens (tertiary/aromatic N) is 2. The minimum Gasteiger partial charge on any atom is -0.494 e. The van der Waals surface area contributed by atoms with Gasteiger partial charge in [-0.05, 0) is 79.6 Å². The maximum atomic E-state index is 13.3. The van der Waals surface area contributed by atoms with Crippen LogP contribution in [0.1, 0.15) is 42.6 Å². The number of carbonyl (C=O) groups excluding carboxylic acids is 3. The van der Waals surface area contributed by atoms with Crippen molar-refractivity contribution in [2.24, 2.45) is 4.99 Å². The van der Waals surface area contributed by atoms with Gasteiger partial charge < -0.3 is 14.8 Å². The molecule has 0 saturated carbocycles. The zero-order valence-electron chi connectivity index (χ0n) is 22.3. The molecule has 208 valence electrons. The number of carbonyl (C=O) groups is 3. The molecule has 1 saturated heterocycles. The molecule has 0 aromatic heterocycles. The molecule has 1 atom stereocenters. The Morgan fingerprint density at radius 2 is 1.73 bits per heavy atom. The van der Waals surface area contributed by atoms with Crippen molar-refractivity contribution in [1.82, 2.24) is 4.90 Å². The van der Waals surface area contributed by atoms with Crippen molar-refractivity contribution in [3.05, 3.63) is 88.9 Å². The highest BCUT2D eigenvalue weighted by Gasteiger charge is 2.36. The van der Waals surface area contributed by atoms with Crippen molar-refractivity contribution in [3.63, 3.8) is 0 Å². The van der Waals surface area contributed by atoms with E-state index in [0.29, 0.717) is 33.7 Å². The van der Waals surface area contributed by atoms with Crippen LogP contribution >= 0.6 is 23.4 Å². The molecular formula is C30H30ClN3O5S. The lowest BCUT2D eigenvalue weighted by Gasteiger charge is -2.32. The summed E-state index contributed by atoms with van der Waals surface area (Å²) in [4.78, 5) is 44.8. The molecule has 1 aliphatic heterocycles. The molecule has 1 fully saturated rings. The Bertz CT molecular complexity index is 1360. The Balaban J connectivity index is 1.54. The molecule has 1 N–H and O–H groups in total. The van der Waals surface area contributed by atoms with Crippen LogP contribution in [0.4, 0.5) is 11.4 Å². The maximum Gasteiger partial charge on any atom is 0.338 e. The van der Waals surface area contributed by atoms with Gasteiger partial charge in [0.25, 0.3) is 0 Å². The van der Waals surface area contributed by atoms with Gasteiger partial charge in [0.2, 0.25) is 11.8 Å². The zero-order chi connectivity index (χ0) is 28.5. The van der Waals surface area contributed by atoms with Crippen LogP contribution in [-0.4, -0.2) is 46.3 Å². The van der Waals surface area contributed by atoms with Gasteiger partial charge in [0.05, 0.1) is 31.0 Å². The van der Waals surface area contributed by atoms with Crippen LogP contribution in [0.2, 0.25) is 5.02 Å². The van der Waals surface area contributed by atoms with E-state index in [4.69, 9.17) is 26.1 Å².